The maximum atomic E-state index is 12.3. The lowest BCUT2D eigenvalue weighted by molar-refractivity contribution is -0.277. The number of rotatable bonds is 6. The minimum Gasteiger partial charge on any atom is -0.371 e. The Morgan fingerprint density at radius 1 is 1.17 bits per heavy atom. The van der Waals surface area contributed by atoms with Crippen molar-refractivity contribution < 1.29 is 22.7 Å². The maximum absolute atomic E-state index is 12.3. The minimum absolute atomic E-state index is 0.0976. The van der Waals surface area contributed by atoms with Crippen molar-refractivity contribution in [1.82, 2.24) is 24.7 Å². The van der Waals surface area contributed by atoms with Gasteiger partial charge in [-0.05, 0) is 18.4 Å². The first-order chi connectivity index (χ1) is 13.6. The van der Waals surface area contributed by atoms with Crippen LogP contribution in [0, 0.1) is 5.92 Å². The smallest absolute Gasteiger partial charge is 0.371 e. The molecule has 3 heterocycles. The summed E-state index contributed by atoms with van der Waals surface area (Å²) in [7, 11) is 0. The molecule has 0 radical (unpaired) electrons. The van der Waals surface area contributed by atoms with E-state index >= 15 is 0 Å². The molecule has 0 saturated carbocycles. The first-order valence-electron chi connectivity index (χ1n) is 9.08. The van der Waals surface area contributed by atoms with Crippen molar-refractivity contribution in [2.24, 2.45) is 5.92 Å². The predicted octanol–water partition coefficient (Wildman–Crippen LogP) is 4.60. The molecular formula is C19H20F3N5O2. The van der Waals surface area contributed by atoms with Gasteiger partial charge < -0.3 is 4.74 Å². The Hall–Kier alpha value is -3.04. The summed E-state index contributed by atoms with van der Waals surface area (Å²) >= 11 is 0. The van der Waals surface area contributed by atoms with Crippen molar-refractivity contribution >= 4 is 16.7 Å². The molecule has 1 atom stereocenters. The molecule has 3 rings (SSSR count). The number of hydrogen-bond acceptors (Lipinski definition) is 6. The first-order valence-corrected chi connectivity index (χ1v) is 9.08. The fourth-order valence-corrected chi connectivity index (χ4v) is 3.24. The summed E-state index contributed by atoms with van der Waals surface area (Å²) in [6.45, 7) is 7.65. The average molecular weight is 407 g/mol. The van der Waals surface area contributed by atoms with Crippen molar-refractivity contribution in [2.45, 2.75) is 46.5 Å². The van der Waals surface area contributed by atoms with Crippen LogP contribution in [-0.4, -0.2) is 36.9 Å². The quantitative estimate of drug-likeness (QED) is 0.556. The summed E-state index contributed by atoms with van der Waals surface area (Å²) in [6, 6.07) is 0.966. The lowest BCUT2D eigenvalue weighted by Gasteiger charge is -2.20. The molecule has 0 aliphatic heterocycles. The third kappa shape index (κ3) is 4.36. The number of hydrogen-bond donors (Lipinski definition) is 0. The molecule has 0 N–H and O–H groups in total. The highest BCUT2D eigenvalue weighted by molar-refractivity contribution is 6.05. The summed E-state index contributed by atoms with van der Waals surface area (Å²) in [5.74, 6) is 0.117. The zero-order valence-corrected chi connectivity index (χ0v) is 16.4. The van der Waals surface area contributed by atoms with Crippen LogP contribution in [-0.2, 0) is 0 Å². The lowest BCUT2D eigenvalue weighted by atomic mass is 10.0. The van der Waals surface area contributed by atoms with Gasteiger partial charge in [0.1, 0.15) is 5.69 Å². The van der Waals surface area contributed by atoms with E-state index in [4.69, 9.17) is 0 Å². The Morgan fingerprint density at radius 3 is 2.34 bits per heavy atom. The van der Waals surface area contributed by atoms with E-state index in [0.29, 0.717) is 28.3 Å². The van der Waals surface area contributed by atoms with E-state index in [1.165, 1.54) is 19.3 Å². The van der Waals surface area contributed by atoms with Gasteiger partial charge in [-0.2, -0.15) is 5.10 Å². The zero-order chi connectivity index (χ0) is 21.3. The second-order valence-corrected chi connectivity index (χ2v) is 6.96. The van der Waals surface area contributed by atoms with Gasteiger partial charge in [-0.3, -0.25) is 14.5 Å². The highest BCUT2D eigenvalue weighted by Crippen LogP contribution is 2.30. The van der Waals surface area contributed by atoms with Gasteiger partial charge in [0.15, 0.2) is 5.78 Å². The molecule has 154 valence electrons. The zero-order valence-electron chi connectivity index (χ0n) is 16.4. The van der Waals surface area contributed by atoms with Gasteiger partial charge in [0, 0.05) is 30.3 Å². The fourth-order valence-electron chi connectivity index (χ4n) is 3.24. The molecule has 0 aliphatic rings. The third-order valence-corrected chi connectivity index (χ3v) is 4.56. The summed E-state index contributed by atoms with van der Waals surface area (Å²) in [5.41, 5.74) is 1.84. The molecule has 0 fully saturated rings. The maximum Gasteiger partial charge on any atom is 0.575 e. The van der Waals surface area contributed by atoms with E-state index in [9.17, 15) is 18.0 Å². The van der Waals surface area contributed by atoms with Crippen LogP contribution in [0.1, 0.15) is 50.6 Å². The van der Waals surface area contributed by atoms with Gasteiger partial charge in [0.2, 0.25) is 0 Å². The SMILES string of the molecule is CCC(C(C)C)n1nc(C(C)=O)c2cc(-c3cnc(OC(F)(F)F)nc3)ncc21. The second kappa shape index (κ2) is 7.76. The van der Waals surface area contributed by atoms with Crippen molar-refractivity contribution in [1.29, 1.82) is 0 Å². The number of ketones is 1. The molecule has 29 heavy (non-hydrogen) atoms. The van der Waals surface area contributed by atoms with Gasteiger partial charge in [-0.25, -0.2) is 9.97 Å². The molecule has 0 aromatic carbocycles. The number of fused-ring (bicyclic) bond motifs is 1. The standard InChI is InChI=1S/C19H20F3N5O2/c1-5-15(10(2)3)27-16-9-23-14(6-13(16)17(26-27)11(4)28)12-7-24-18(25-8-12)29-19(20,21)22/h6-10,15H,5H2,1-4H3. The molecule has 3 aromatic rings. The Balaban J connectivity index is 2.06. The van der Waals surface area contributed by atoms with Crippen LogP contribution < -0.4 is 4.74 Å². The van der Waals surface area contributed by atoms with Crippen LogP contribution in [0.15, 0.2) is 24.7 Å². The topological polar surface area (TPSA) is 82.8 Å². The van der Waals surface area contributed by atoms with Crippen LogP contribution in [0.4, 0.5) is 13.2 Å². The number of carbonyl (C=O) groups is 1. The van der Waals surface area contributed by atoms with Crippen LogP contribution in [0.3, 0.4) is 0 Å². The molecular weight excluding hydrogens is 387 g/mol. The molecule has 0 saturated heterocycles. The van der Waals surface area contributed by atoms with E-state index in [1.54, 1.807) is 12.3 Å². The van der Waals surface area contributed by atoms with Crippen molar-refractivity contribution in [3.63, 3.8) is 0 Å². The van der Waals surface area contributed by atoms with Gasteiger partial charge in [-0.1, -0.05) is 20.8 Å². The average Bonchev–Trinajstić information content (AvgIpc) is 3.00. The van der Waals surface area contributed by atoms with Crippen LogP contribution in [0.5, 0.6) is 6.01 Å². The number of aromatic nitrogens is 5. The monoisotopic (exact) mass is 407 g/mol. The van der Waals surface area contributed by atoms with Crippen LogP contribution >= 0.6 is 0 Å². The van der Waals surface area contributed by atoms with E-state index in [1.807, 2.05) is 4.68 Å². The number of pyridine rings is 1. The molecule has 1 unspecified atom stereocenters. The third-order valence-electron chi connectivity index (χ3n) is 4.56. The molecule has 0 aliphatic carbocycles. The highest BCUT2D eigenvalue weighted by Gasteiger charge is 2.32. The normalized spacial score (nSPS) is 13.1. The van der Waals surface area contributed by atoms with E-state index in [-0.39, 0.29) is 11.8 Å². The molecule has 10 heteroatoms. The molecule has 3 aromatic heterocycles. The van der Waals surface area contributed by atoms with Gasteiger partial charge >= 0.3 is 12.4 Å². The first kappa shape index (κ1) is 20.7. The highest BCUT2D eigenvalue weighted by atomic mass is 19.4. The summed E-state index contributed by atoms with van der Waals surface area (Å²) in [4.78, 5) is 23.6. The van der Waals surface area contributed by atoms with Crippen molar-refractivity contribution in [3.8, 4) is 17.3 Å². The molecule has 0 amide bonds. The van der Waals surface area contributed by atoms with Crippen LogP contribution in [0.2, 0.25) is 0 Å². The summed E-state index contributed by atoms with van der Waals surface area (Å²) in [6.07, 6.45) is -0.0562. The minimum atomic E-state index is -4.87. The number of carbonyl (C=O) groups excluding carboxylic acids is 1. The Kier molecular flexibility index (Phi) is 5.54. The van der Waals surface area contributed by atoms with Gasteiger partial charge in [-0.15, -0.1) is 13.2 Å². The van der Waals surface area contributed by atoms with Gasteiger partial charge in [0.05, 0.1) is 23.4 Å². The Bertz CT molecular complexity index is 1030. The number of nitrogens with zero attached hydrogens (tertiary/aromatic N) is 5. The number of Topliss-reactive ketones (excluding diaryl/α,β-unsaturated/α-hetero) is 1. The van der Waals surface area contributed by atoms with Crippen molar-refractivity contribution in [3.05, 3.63) is 30.4 Å². The largest absolute Gasteiger partial charge is 0.575 e. The Labute approximate surface area is 164 Å². The number of ether oxygens (including phenoxy) is 1. The molecule has 7 nitrogen and oxygen atoms in total. The fraction of sp³-hybridized carbons (Fsp3) is 0.421. The van der Waals surface area contributed by atoms with Crippen LogP contribution in [0.25, 0.3) is 22.2 Å². The van der Waals surface area contributed by atoms with E-state index < -0.39 is 12.4 Å². The summed E-state index contributed by atoms with van der Waals surface area (Å²) in [5, 5.41) is 5.14. The molecule has 0 bridgehead atoms. The number of halogens is 3. The van der Waals surface area contributed by atoms with E-state index in [2.05, 4.69) is 45.6 Å². The Morgan fingerprint density at radius 2 is 1.83 bits per heavy atom. The van der Waals surface area contributed by atoms with Gasteiger partial charge in [0.25, 0.3) is 0 Å². The number of alkyl halides is 3. The molecule has 0 spiro atoms. The lowest BCUT2D eigenvalue weighted by Crippen LogP contribution is -2.18. The second-order valence-electron chi connectivity index (χ2n) is 6.96. The summed E-state index contributed by atoms with van der Waals surface area (Å²) < 4.78 is 42.3. The van der Waals surface area contributed by atoms with E-state index in [0.717, 1.165) is 11.9 Å². The van der Waals surface area contributed by atoms with Crippen molar-refractivity contribution in [2.75, 3.05) is 0 Å². The predicted molar refractivity (Wildman–Crippen MR) is 99.4 cm³/mol.